The molecule has 8 heteroatoms. The SMILES string of the molecule is COC[C@@H](C)NC(=O)CSc1nnc(-c2ccccc2Cl)n1C1CCCC1. The van der Waals surface area contributed by atoms with Crippen molar-refractivity contribution >= 4 is 29.3 Å². The Hall–Kier alpha value is -1.57. The Kier molecular flexibility index (Phi) is 7.15. The van der Waals surface area contributed by atoms with Crippen molar-refractivity contribution in [1.82, 2.24) is 20.1 Å². The van der Waals surface area contributed by atoms with Crippen LogP contribution in [0.2, 0.25) is 5.02 Å². The summed E-state index contributed by atoms with van der Waals surface area (Å²) in [6, 6.07) is 8.02. The molecule has 1 aliphatic rings. The number of carbonyl (C=O) groups excluding carboxylic acids is 1. The Labute approximate surface area is 169 Å². The van der Waals surface area contributed by atoms with Gasteiger partial charge in [0.15, 0.2) is 11.0 Å². The predicted octanol–water partition coefficient (Wildman–Crippen LogP) is 3.96. The molecule has 0 spiro atoms. The Morgan fingerprint density at radius 2 is 2.11 bits per heavy atom. The molecular weight excluding hydrogens is 384 g/mol. The molecule has 27 heavy (non-hydrogen) atoms. The number of ether oxygens (including phenoxy) is 1. The number of methoxy groups -OCH3 is 1. The van der Waals surface area contributed by atoms with Crippen LogP contribution in [0.1, 0.15) is 38.6 Å². The Bertz CT molecular complexity index is 777. The standard InChI is InChI=1S/C19H25ClN4O2S/c1-13(11-26-2)21-17(25)12-27-19-23-22-18(15-9-5-6-10-16(15)20)24(19)14-7-3-4-8-14/h5-6,9-10,13-14H,3-4,7-8,11-12H2,1-2H3,(H,21,25)/t13-/m1/s1. The molecule has 3 rings (SSSR count). The lowest BCUT2D eigenvalue weighted by molar-refractivity contribution is -0.119. The minimum Gasteiger partial charge on any atom is -0.383 e. The molecule has 1 amide bonds. The second-order valence-corrected chi connectivity index (χ2v) is 8.16. The molecule has 1 aliphatic carbocycles. The molecule has 6 nitrogen and oxygen atoms in total. The van der Waals surface area contributed by atoms with Crippen LogP contribution >= 0.6 is 23.4 Å². The molecule has 1 fully saturated rings. The first-order valence-corrected chi connectivity index (χ1v) is 10.6. The summed E-state index contributed by atoms with van der Waals surface area (Å²) in [5.74, 6) is 1.04. The number of benzene rings is 1. The third kappa shape index (κ3) is 5.03. The number of halogens is 1. The fraction of sp³-hybridized carbons (Fsp3) is 0.526. The highest BCUT2D eigenvalue weighted by molar-refractivity contribution is 7.99. The van der Waals surface area contributed by atoms with Crippen molar-refractivity contribution in [1.29, 1.82) is 0 Å². The highest BCUT2D eigenvalue weighted by Crippen LogP contribution is 2.38. The highest BCUT2D eigenvalue weighted by atomic mass is 35.5. The fourth-order valence-corrected chi connectivity index (χ4v) is 4.47. The topological polar surface area (TPSA) is 69.0 Å². The molecule has 1 saturated carbocycles. The van der Waals surface area contributed by atoms with Crippen LogP contribution in [0.4, 0.5) is 0 Å². The van der Waals surface area contributed by atoms with Crippen LogP contribution in [0.15, 0.2) is 29.4 Å². The first-order valence-electron chi connectivity index (χ1n) is 9.21. The van der Waals surface area contributed by atoms with Gasteiger partial charge in [0, 0.05) is 24.8 Å². The van der Waals surface area contributed by atoms with Gasteiger partial charge in [0.2, 0.25) is 5.91 Å². The Balaban J connectivity index is 1.79. The van der Waals surface area contributed by atoms with E-state index >= 15 is 0 Å². The van der Waals surface area contributed by atoms with Gasteiger partial charge in [-0.05, 0) is 31.9 Å². The summed E-state index contributed by atoms with van der Waals surface area (Å²) in [7, 11) is 1.62. The van der Waals surface area contributed by atoms with E-state index in [1.54, 1.807) is 7.11 Å². The van der Waals surface area contributed by atoms with Crippen molar-refractivity contribution in [2.24, 2.45) is 0 Å². The molecule has 0 aliphatic heterocycles. The third-order valence-corrected chi connectivity index (χ3v) is 5.90. The van der Waals surface area contributed by atoms with E-state index in [9.17, 15) is 4.79 Å². The maximum atomic E-state index is 12.2. The smallest absolute Gasteiger partial charge is 0.230 e. The number of nitrogens with zero attached hydrogens (tertiary/aromatic N) is 3. The number of rotatable bonds is 8. The molecule has 1 atom stereocenters. The normalized spacial score (nSPS) is 15.8. The second kappa shape index (κ2) is 9.57. The van der Waals surface area contributed by atoms with Crippen LogP contribution in [0.3, 0.4) is 0 Å². The van der Waals surface area contributed by atoms with E-state index in [0.29, 0.717) is 23.4 Å². The zero-order chi connectivity index (χ0) is 19.2. The molecule has 1 aromatic carbocycles. The second-order valence-electron chi connectivity index (χ2n) is 6.81. The lowest BCUT2D eigenvalue weighted by atomic mass is 10.2. The van der Waals surface area contributed by atoms with Crippen molar-refractivity contribution in [3.05, 3.63) is 29.3 Å². The summed E-state index contributed by atoms with van der Waals surface area (Å²) in [6.45, 7) is 2.41. The number of thioether (sulfide) groups is 1. The van der Waals surface area contributed by atoms with Crippen LogP contribution in [0, 0.1) is 0 Å². The van der Waals surface area contributed by atoms with Gasteiger partial charge < -0.3 is 10.1 Å². The first-order chi connectivity index (χ1) is 13.1. The van der Waals surface area contributed by atoms with Crippen LogP contribution < -0.4 is 5.32 Å². The van der Waals surface area contributed by atoms with Gasteiger partial charge >= 0.3 is 0 Å². The Morgan fingerprint density at radius 3 is 2.81 bits per heavy atom. The van der Waals surface area contributed by atoms with E-state index in [4.69, 9.17) is 16.3 Å². The minimum atomic E-state index is -0.0372. The van der Waals surface area contributed by atoms with E-state index in [1.165, 1.54) is 24.6 Å². The molecule has 0 unspecified atom stereocenters. The number of nitrogens with one attached hydrogen (secondary N) is 1. The summed E-state index contributed by atoms with van der Waals surface area (Å²) < 4.78 is 7.23. The van der Waals surface area contributed by atoms with Crippen LogP contribution in [-0.4, -0.2) is 46.2 Å². The summed E-state index contributed by atoms with van der Waals surface area (Å²) in [5.41, 5.74) is 0.878. The van der Waals surface area contributed by atoms with E-state index in [2.05, 4.69) is 20.1 Å². The third-order valence-electron chi connectivity index (χ3n) is 4.63. The number of aromatic nitrogens is 3. The van der Waals surface area contributed by atoms with Gasteiger partial charge in [-0.3, -0.25) is 9.36 Å². The summed E-state index contributed by atoms with van der Waals surface area (Å²) in [6.07, 6.45) is 4.59. The summed E-state index contributed by atoms with van der Waals surface area (Å²) in [5, 5.41) is 13.1. The zero-order valence-electron chi connectivity index (χ0n) is 15.7. The predicted molar refractivity (Wildman–Crippen MR) is 108 cm³/mol. The van der Waals surface area contributed by atoms with E-state index in [0.717, 1.165) is 29.4 Å². The molecule has 1 N–H and O–H groups in total. The summed E-state index contributed by atoms with van der Waals surface area (Å²) in [4.78, 5) is 12.2. The van der Waals surface area contributed by atoms with Crippen LogP contribution in [0.5, 0.6) is 0 Å². The number of hydrogen-bond donors (Lipinski definition) is 1. The van der Waals surface area contributed by atoms with Crippen molar-refractivity contribution in [3.8, 4) is 11.4 Å². The highest BCUT2D eigenvalue weighted by Gasteiger charge is 2.26. The molecule has 0 radical (unpaired) electrons. The number of hydrogen-bond acceptors (Lipinski definition) is 5. The monoisotopic (exact) mass is 408 g/mol. The quantitative estimate of drug-likeness (QED) is 0.669. The molecule has 146 valence electrons. The van der Waals surface area contributed by atoms with Crippen molar-refractivity contribution in [3.63, 3.8) is 0 Å². The summed E-state index contributed by atoms with van der Waals surface area (Å²) >= 11 is 7.81. The molecule has 2 aromatic rings. The minimum absolute atomic E-state index is 0.0190. The van der Waals surface area contributed by atoms with Gasteiger partial charge in [0.1, 0.15) is 0 Å². The van der Waals surface area contributed by atoms with Crippen LogP contribution in [-0.2, 0) is 9.53 Å². The van der Waals surface area contributed by atoms with Crippen molar-refractivity contribution in [2.45, 2.75) is 49.8 Å². The van der Waals surface area contributed by atoms with Gasteiger partial charge in [-0.2, -0.15) is 0 Å². The zero-order valence-corrected chi connectivity index (χ0v) is 17.2. The maximum absolute atomic E-state index is 12.2. The van der Waals surface area contributed by atoms with Gasteiger partial charge in [0.05, 0.1) is 17.4 Å². The van der Waals surface area contributed by atoms with E-state index < -0.39 is 0 Å². The molecule has 1 aromatic heterocycles. The lowest BCUT2D eigenvalue weighted by Crippen LogP contribution is -2.36. The molecule has 1 heterocycles. The van der Waals surface area contributed by atoms with Gasteiger partial charge in [-0.25, -0.2) is 0 Å². The number of amides is 1. The Morgan fingerprint density at radius 1 is 1.37 bits per heavy atom. The molecule has 0 saturated heterocycles. The maximum Gasteiger partial charge on any atom is 0.230 e. The first kappa shape index (κ1) is 20.2. The lowest BCUT2D eigenvalue weighted by Gasteiger charge is -2.17. The van der Waals surface area contributed by atoms with E-state index in [1.807, 2.05) is 31.2 Å². The van der Waals surface area contributed by atoms with Crippen LogP contribution in [0.25, 0.3) is 11.4 Å². The molecular formula is C19H25ClN4O2S. The van der Waals surface area contributed by atoms with Gasteiger partial charge in [-0.15, -0.1) is 10.2 Å². The average Bonchev–Trinajstić information content (AvgIpc) is 3.30. The average molecular weight is 409 g/mol. The fourth-order valence-electron chi connectivity index (χ4n) is 3.43. The van der Waals surface area contributed by atoms with Gasteiger partial charge in [0.25, 0.3) is 0 Å². The van der Waals surface area contributed by atoms with Gasteiger partial charge in [-0.1, -0.05) is 48.3 Å². The largest absolute Gasteiger partial charge is 0.383 e. The molecule has 0 bridgehead atoms. The van der Waals surface area contributed by atoms with Crippen molar-refractivity contribution < 1.29 is 9.53 Å². The number of carbonyl (C=O) groups is 1. The van der Waals surface area contributed by atoms with Crippen molar-refractivity contribution in [2.75, 3.05) is 19.5 Å². The van der Waals surface area contributed by atoms with E-state index in [-0.39, 0.29) is 11.9 Å².